The highest BCUT2D eigenvalue weighted by Crippen LogP contribution is 2.25. The predicted octanol–water partition coefficient (Wildman–Crippen LogP) is 1.56. The van der Waals surface area contributed by atoms with Crippen molar-refractivity contribution in [3.8, 4) is 0 Å². The van der Waals surface area contributed by atoms with E-state index in [-0.39, 0.29) is 17.0 Å². The molecule has 80 valence electrons. The van der Waals surface area contributed by atoms with Gasteiger partial charge in [0.2, 0.25) is 5.91 Å². The molecular formula is C11H20N2O. The maximum atomic E-state index is 11.0. The molecule has 0 saturated heterocycles. The van der Waals surface area contributed by atoms with Crippen LogP contribution >= 0.6 is 0 Å². The van der Waals surface area contributed by atoms with Gasteiger partial charge in [-0.3, -0.25) is 4.79 Å². The van der Waals surface area contributed by atoms with Gasteiger partial charge in [-0.1, -0.05) is 0 Å². The van der Waals surface area contributed by atoms with Crippen LogP contribution in [0.3, 0.4) is 0 Å². The molecule has 1 heterocycles. The summed E-state index contributed by atoms with van der Waals surface area (Å²) in [5.74, 6) is 0.00440. The summed E-state index contributed by atoms with van der Waals surface area (Å²) in [6.45, 7) is 10.0. The van der Waals surface area contributed by atoms with Gasteiger partial charge in [-0.15, -0.1) is 0 Å². The molecule has 0 aliphatic carbocycles. The molecule has 0 bridgehead atoms. The Hall–Kier alpha value is -0.830. The first-order chi connectivity index (χ1) is 6.20. The minimum Gasteiger partial charge on any atom is -0.330 e. The summed E-state index contributed by atoms with van der Waals surface area (Å²) in [5.41, 5.74) is 1.00. The van der Waals surface area contributed by atoms with Gasteiger partial charge in [0.1, 0.15) is 0 Å². The van der Waals surface area contributed by atoms with E-state index in [1.165, 1.54) is 0 Å². The zero-order valence-electron chi connectivity index (χ0n) is 9.69. The largest absolute Gasteiger partial charge is 0.330 e. The summed E-state index contributed by atoms with van der Waals surface area (Å²) < 4.78 is 0. The van der Waals surface area contributed by atoms with Crippen LogP contribution in [0.15, 0.2) is 11.8 Å². The summed E-state index contributed by atoms with van der Waals surface area (Å²) in [7, 11) is 0. The quantitative estimate of drug-likeness (QED) is 0.668. The standard InChI is InChI=1S/C11H20N2O/c1-8(14)12-9-6-10(2,3)13-11(4,5)7-9/h6,13H,7H2,1-5H3,(H,12,14). The Labute approximate surface area is 86.0 Å². The Morgan fingerprint density at radius 1 is 1.43 bits per heavy atom. The van der Waals surface area contributed by atoms with Crippen molar-refractivity contribution in [1.82, 2.24) is 10.6 Å². The summed E-state index contributed by atoms with van der Waals surface area (Å²) in [6, 6.07) is 0. The first-order valence-electron chi connectivity index (χ1n) is 4.99. The van der Waals surface area contributed by atoms with Crippen molar-refractivity contribution in [2.75, 3.05) is 0 Å². The lowest BCUT2D eigenvalue weighted by Crippen LogP contribution is -2.55. The molecule has 3 heteroatoms. The van der Waals surface area contributed by atoms with Crippen LogP contribution in [0.1, 0.15) is 41.0 Å². The molecular weight excluding hydrogens is 176 g/mol. The van der Waals surface area contributed by atoms with E-state index in [0.29, 0.717) is 0 Å². The van der Waals surface area contributed by atoms with Gasteiger partial charge < -0.3 is 10.6 Å². The van der Waals surface area contributed by atoms with Crippen LogP contribution in [0.25, 0.3) is 0 Å². The van der Waals surface area contributed by atoms with Crippen LogP contribution < -0.4 is 10.6 Å². The fraction of sp³-hybridized carbons (Fsp3) is 0.727. The second kappa shape index (κ2) is 3.39. The molecule has 2 N–H and O–H groups in total. The lowest BCUT2D eigenvalue weighted by Gasteiger charge is -2.41. The Morgan fingerprint density at radius 2 is 2.00 bits per heavy atom. The zero-order valence-corrected chi connectivity index (χ0v) is 9.69. The smallest absolute Gasteiger partial charge is 0.220 e. The van der Waals surface area contributed by atoms with E-state index in [1.807, 2.05) is 0 Å². The Balaban J connectivity index is 2.85. The summed E-state index contributed by atoms with van der Waals surface area (Å²) in [5, 5.41) is 6.38. The van der Waals surface area contributed by atoms with Crippen molar-refractivity contribution in [3.63, 3.8) is 0 Å². The third-order valence-corrected chi connectivity index (χ3v) is 2.16. The molecule has 0 aromatic carbocycles. The molecule has 0 fully saturated rings. The van der Waals surface area contributed by atoms with Gasteiger partial charge >= 0.3 is 0 Å². The molecule has 1 amide bonds. The Morgan fingerprint density at radius 3 is 2.43 bits per heavy atom. The van der Waals surface area contributed by atoms with Crippen LogP contribution in [-0.2, 0) is 4.79 Å². The fourth-order valence-electron chi connectivity index (χ4n) is 2.22. The third kappa shape index (κ3) is 3.14. The summed E-state index contributed by atoms with van der Waals surface area (Å²) >= 11 is 0. The van der Waals surface area contributed by atoms with E-state index in [1.54, 1.807) is 6.92 Å². The number of rotatable bonds is 1. The van der Waals surface area contributed by atoms with Crippen LogP contribution in [-0.4, -0.2) is 17.0 Å². The Kier molecular flexibility index (Phi) is 2.72. The normalized spacial score (nSPS) is 23.9. The van der Waals surface area contributed by atoms with Crippen LogP contribution in [0.5, 0.6) is 0 Å². The lowest BCUT2D eigenvalue weighted by molar-refractivity contribution is -0.118. The molecule has 0 aromatic rings. The number of carbonyl (C=O) groups is 1. The van der Waals surface area contributed by atoms with Gasteiger partial charge in [0.25, 0.3) is 0 Å². The number of nitrogens with one attached hydrogen (secondary N) is 2. The first kappa shape index (κ1) is 11.2. The zero-order chi connectivity index (χ0) is 11.0. The van der Waals surface area contributed by atoms with E-state index in [4.69, 9.17) is 0 Å². The molecule has 0 saturated carbocycles. The van der Waals surface area contributed by atoms with Crippen molar-refractivity contribution in [3.05, 3.63) is 11.8 Å². The lowest BCUT2D eigenvalue weighted by atomic mass is 9.86. The van der Waals surface area contributed by atoms with Crippen molar-refractivity contribution >= 4 is 5.91 Å². The van der Waals surface area contributed by atoms with E-state index >= 15 is 0 Å². The molecule has 0 spiro atoms. The molecule has 0 aromatic heterocycles. The maximum Gasteiger partial charge on any atom is 0.220 e. The molecule has 1 aliphatic heterocycles. The van der Waals surface area contributed by atoms with Gasteiger partial charge in [-0.05, 0) is 33.8 Å². The first-order valence-corrected chi connectivity index (χ1v) is 4.99. The van der Waals surface area contributed by atoms with E-state index in [0.717, 1.165) is 12.1 Å². The van der Waals surface area contributed by atoms with Gasteiger partial charge in [0.15, 0.2) is 0 Å². The van der Waals surface area contributed by atoms with E-state index < -0.39 is 0 Å². The van der Waals surface area contributed by atoms with Crippen molar-refractivity contribution < 1.29 is 4.79 Å². The SMILES string of the molecule is CC(=O)NC1=CC(C)(C)NC(C)(C)C1. The van der Waals surface area contributed by atoms with E-state index in [9.17, 15) is 4.79 Å². The topological polar surface area (TPSA) is 41.1 Å². The van der Waals surface area contributed by atoms with Gasteiger partial charge in [0.05, 0.1) is 0 Å². The van der Waals surface area contributed by atoms with Gasteiger partial charge in [0, 0.05) is 30.1 Å². The molecule has 14 heavy (non-hydrogen) atoms. The van der Waals surface area contributed by atoms with Gasteiger partial charge in [-0.25, -0.2) is 0 Å². The molecule has 3 nitrogen and oxygen atoms in total. The maximum absolute atomic E-state index is 11.0. The second-order valence-corrected chi connectivity index (χ2v) is 5.26. The molecule has 0 atom stereocenters. The third-order valence-electron chi connectivity index (χ3n) is 2.16. The highest BCUT2D eigenvalue weighted by molar-refractivity contribution is 5.75. The average molecular weight is 196 g/mol. The predicted molar refractivity (Wildman–Crippen MR) is 57.8 cm³/mol. The van der Waals surface area contributed by atoms with E-state index in [2.05, 4.69) is 44.4 Å². The monoisotopic (exact) mass is 196 g/mol. The summed E-state index contributed by atoms with van der Waals surface area (Å²) in [6.07, 6.45) is 2.94. The highest BCUT2D eigenvalue weighted by atomic mass is 16.1. The van der Waals surface area contributed by atoms with Crippen LogP contribution in [0.2, 0.25) is 0 Å². The van der Waals surface area contributed by atoms with Crippen LogP contribution in [0, 0.1) is 0 Å². The van der Waals surface area contributed by atoms with Crippen molar-refractivity contribution in [1.29, 1.82) is 0 Å². The van der Waals surface area contributed by atoms with Crippen molar-refractivity contribution in [2.24, 2.45) is 0 Å². The molecule has 0 unspecified atom stereocenters. The second-order valence-electron chi connectivity index (χ2n) is 5.26. The number of amides is 1. The fourth-order valence-corrected chi connectivity index (χ4v) is 2.22. The number of carbonyl (C=O) groups excluding carboxylic acids is 1. The Bertz CT molecular complexity index is 277. The molecule has 0 radical (unpaired) electrons. The molecule has 1 rings (SSSR count). The van der Waals surface area contributed by atoms with Crippen LogP contribution in [0.4, 0.5) is 0 Å². The van der Waals surface area contributed by atoms with Gasteiger partial charge in [-0.2, -0.15) is 0 Å². The average Bonchev–Trinajstić information content (AvgIpc) is 1.74. The number of hydrogen-bond donors (Lipinski definition) is 2. The highest BCUT2D eigenvalue weighted by Gasteiger charge is 2.32. The summed E-state index contributed by atoms with van der Waals surface area (Å²) in [4.78, 5) is 11.0. The molecule has 1 aliphatic rings. The minimum absolute atomic E-state index is 0.00440. The minimum atomic E-state index is -0.0560. The van der Waals surface area contributed by atoms with Crippen molar-refractivity contribution in [2.45, 2.75) is 52.1 Å². The number of hydrogen-bond acceptors (Lipinski definition) is 2.